The Balaban J connectivity index is 2.13. The van der Waals surface area contributed by atoms with Gasteiger partial charge in [-0.3, -0.25) is 5.32 Å². The molecule has 0 aromatic heterocycles. The molecule has 1 spiro atoms. The Bertz CT molecular complexity index is 469. The number of carbonyl (C=O) groups excluding carboxylic acids is 1. The molecule has 2 aliphatic rings. The quantitative estimate of drug-likeness (QED) is 0.722. The van der Waals surface area contributed by atoms with Crippen molar-refractivity contribution in [2.24, 2.45) is 0 Å². The SMILES string of the molecule is O=C1NC=CC2(CCOc3ccccc32)O1. The van der Waals surface area contributed by atoms with Crippen LogP contribution in [0.1, 0.15) is 12.0 Å². The van der Waals surface area contributed by atoms with Crippen molar-refractivity contribution in [3.63, 3.8) is 0 Å². The van der Waals surface area contributed by atoms with Gasteiger partial charge in [0.15, 0.2) is 5.60 Å². The maximum absolute atomic E-state index is 11.3. The molecule has 4 heteroatoms. The van der Waals surface area contributed by atoms with E-state index in [1.54, 1.807) is 6.20 Å². The predicted octanol–water partition coefficient (Wildman–Crippen LogP) is 1.92. The van der Waals surface area contributed by atoms with Crippen molar-refractivity contribution in [2.45, 2.75) is 12.0 Å². The molecule has 1 aromatic carbocycles. The molecule has 0 saturated heterocycles. The van der Waals surface area contributed by atoms with Crippen LogP contribution in [0, 0.1) is 0 Å². The molecule has 2 heterocycles. The van der Waals surface area contributed by atoms with Gasteiger partial charge in [-0.05, 0) is 12.1 Å². The van der Waals surface area contributed by atoms with Crippen LogP contribution < -0.4 is 10.1 Å². The normalized spacial score (nSPS) is 26.6. The Morgan fingerprint density at radius 3 is 3.06 bits per heavy atom. The fourth-order valence-corrected chi connectivity index (χ4v) is 2.14. The van der Waals surface area contributed by atoms with Crippen molar-refractivity contribution in [1.82, 2.24) is 5.32 Å². The molecule has 0 radical (unpaired) electrons. The molecule has 16 heavy (non-hydrogen) atoms. The average Bonchev–Trinajstić information content (AvgIpc) is 2.30. The van der Waals surface area contributed by atoms with Crippen LogP contribution >= 0.6 is 0 Å². The van der Waals surface area contributed by atoms with Crippen molar-refractivity contribution in [3.8, 4) is 5.75 Å². The van der Waals surface area contributed by atoms with Crippen molar-refractivity contribution in [1.29, 1.82) is 0 Å². The second-order valence-electron chi connectivity index (χ2n) is 3.85. The van der Waals surface area contributed by atoms with Crippen molar-refractivity contribution >= 4 is 6.09 Å². The van der Waals surface area contributed by atoms with Gasteiger partial charge in [-0.1, -0.05) is 18.2 Å². The lowest BCUT2D eigenvalue weighted by atomic mass is 9.87. The van der Waals surface area contributed by atoms with E-state index in [-0.39, 0.29) is 0 Å². The first-order valence-corrected chi connectivity index (χ1v) is 5.20. The van der Waals surface area contributed by atoms with Crippen LogP contribution in [-0.4, -0.2) is 12.7 Å². The lowest BCUT2D eigenvalue weighted by Gasteiger charge is -2.37. The number of hydrogen-bond donors (Lipinski definition) is 1. The molecule has 0 saturated carbocycles. The second kappa shape index (κ2) is 3.27. The highest BCUT2D eigenvalue weighted by Crippen LogP contribution is 2.41. The third-order valence-electron chi connectivity index (χ3n) is 2.90. The molecule has 1 N–H and O–H groups in total. The molecule has 1 amide bonds. The van der Waals surface area contributed by atoms with E-state index >= 15 is 0 Å². The molecule has 1 unspecified atom stereocenters. The van der Waals surface area contributed by atoms with Crippen LogP contribution in [0.3, 0.4) is 0 Å². The zero-order valence-electron chi connectivity index (χ0n) is 8.60. The summed E-state index contributed by atoms with van der Waals surface area (Å²) < 4.78 is 11.0. The molecular weight excluding hydrogens is 206 g/mol. The smallest absolute Gasteiger partial charge is 0.412 e. The molecule has 2 aliphatic heterocycles. The van der Waals surface area contributed by atoms with Crippen LogP contribution in [0.5, 0.6) is 5.75 Å². The molecule has 82 valence electrons. The van der Waals surface area contributed by atoms with Crippen LogP contribution in [0.4, 0.5) is 4.79 Å². The average molecular weight is 217 g/mol. The fraction of sp³-hybridized carbons (Fsp3) is 0.250. The molecule has 3 rings (SSSR count). The monoisotopic (exact) mass is 217 g/mol. The lowest BCUT2D eigenvalue weighted by Crippen LogP contribution is -2.41. The van der Waals surface area contributed by atoms with Gasteiger partial charge in [0, 0.05) is 18.2 Å². The molecule has 1 aromatic rings. The summed E-state index contributed by atoms with van der Waals surface area (Å²) in [6.45, 7) is 0.550. The van der Waals surface area contributed by atoms with E-state index in [4.69, 9.17) is 9.47 Å². The van der Waals surface area contributed by atoms with Gasteiger partial charge in [0.1, 0.15) is 5.75 Å². The maximum atomic E-state index is 11.3. The van der Waals surface area contributed by atoms with Crippen LogP contribution in [0.25, 0.3) is 0 Å². The standard InChI is InChI=1S/C12H11NO3/c14-11-13-7-5-12(16-11)6-8-15-10-4-2-1-3-9(10)12/h1-5,7H,6,8H2,(H,13,14). The van der Waals surface area contributed by atoms with Gasteiger partial charge in [0.05, 0.1) is 6.61 Å². The number of rotatable bonds is 0. The van der Waals surface area contributed by atoms with Gasteiger partial charge in [0.25, 0.3) is 0 Å². The number of ether oxygens (including phenoxy) is 2. The summed E-state index contributed by atoms with van der Waals surface area (Å²) in [4.78, 5) is 11.3. The minimum atomic E-state index is -0.656. The Morgan fingerprint density at radius 1 is 1.31 bits per heavy atom. The van der Waals surface area contributed by atoms with Crippen LogP contribution in [0.2, 0.25) is 0 Å². The topological polar surface area (TPSA) is 47.6 Å². The summed E-state index contributed by atoms with van der Waals surface area (Å²) in [6, 6.07) is 7.64. The minimum absolute atomic E-state index is 0.417. The summed E-state index contributed by atoms with van der Waals surface area (Å²) in [5.41, 5.74) is 0.254. The summed E-state index contributed by atoms with van der Waals surface area (Å²) in [6.07, 6.45) is 3.73. The first-order chi connectivity index (χ1) is 7.80. The first-order valence-electron chi connectivity index (χ1n) is 5.20. The Hall–Kier alpha value is -1.97. The molecule has 0 aliphatic carbocycles. The van der Waals surface area contributed by atoms with E-state index in [1.165, 1.54) is 0 Å². The number of carbonyl (C=O) groups is 1. The third-order valence-corrected chi connectivity index (χ3v) is 2.90. The molecule has 1 atom stereocenters. The summed E-state index contributed by atoms with van der Waals surface area (Å²) in [7, 11) is 0. The Kier molecular flexibility index (Phi) is 1.89. The van der Waals surface area contributed by atoms with Gasteiger partial charge in [0.2, 0.25) is 0 Å². The number of fused-ring (bicyclic) bond motifs is 2. The van der Waals surface area contributed by atoms with E-state index in [9.17, 15) is 4.79 Å². The largest absolute Gasteiger partial charge is 0.493 e. The zero-order chi connectivity index (χ0) is 11.0. The number of alkyl carbamates (subject to hydrolysis) is 1. The highest BCUT2D eigenvalue weighted by Gasteiger charge is 2.40. The van der Waals surface area contributed by atoms with Crippen molar-refractivity contribution < 1.29 is 14.3 Å². The number of para-hydroxylation sites is 1. The van der Waals surface area contributed by atoms with Gasteiger partial charge in [-0.15, -0.1) is 0 Å². The fourth-order valence-electron chi connectivity index (χ4n) is 2.14. The van der Waals surface area contributed by atoms with Gasteiger partial charge in [-0.2, -0.15) is 0 Å². The van der Waals surface area contributed by atoms with Gasteiger partial charge < -0.3 is 9.47 Å². The summed E-state index contributed by atoms with van der Waals surface area (Å²) in [5.74, 6) is 0.785. The Morgan fingerprint density at radius 2 is 2.19 bits per heavy atom. The highest BCUT2D eigenvalue weighted by atomic mass is 16.6. The van der Waals surface area contributed by atoms with E-state index in [0.717, 1.165) is 11.3 Å². The van der Waals surface area contributed by atoms with Crippen LogP contribution in [-0.2, 0) is 10.3 Å². The van der Waals surface area contributed by atoms with E-state index in [2.05, 4.69) is 5.32 Å². The highest BCUT2D eigenvalue weighted by molar-refractivity contribution is 5.71. The number of benzene rings is 1. The van der Waals surface area contributed by atoms with Crippen LogP contribution in [0.15, 0.2) is 36.5 Å². The molecule has 4 nitrogen and oxygen atoms in total. The van der Waals surface area contributed by atoms with Gasteiger partial charge >= 0.3 is 6.09 Å². The van der Waals surface area contributed by atoms with Crippen molar-refractivity contribution in [2.75, 3.05) is 6.61 Å². The second-order valence-corrected chi connectivity index (χ2v) is 3.85. The lowest BCUT2D eigenvalue weighted by molar-refractivity contribution is 0.0103. The first kappa shape index (κ1) is 9.27. The molecule has 0 fully saturated rings. The Labute approximate surface area is 92.9 Å². The summed E-state index contributed by atoms with van der Waals surface area (Å²) in [5, 5.41) is 2.50. The molecule has 0 bridgehead atoms. The third kappa shape index (κ3) is 1.26. The van der Waals surface area contributed by atoms with E-state index < -0.39 is 11.7 Å². The van der Waals surface area contributed by atoms with Gasteiger partial charge in [-0.25, -0.2) is 4.79 Å². The van der Waals surface area contributed by atoms with E-state index in [1.807, 2.05) is 30.3 Å². The predicted molar refractivity (Wildman–Crippen MR) is 57.0 cm³/mol. The molecular formula is C12H11NO3. The number of nitrogens with one attached hydrogen (secondary N) is 1. The maximum Gasteiger partial charge on any atom is 0.412 e. The zero-order valence-corrected chi connectivity index (χ0v) is 8.60. The number of amides is 1. The van der Waals surface area contributed by atoms with Crippen molar-refractivity contribution in [3.05, 3.63) is 42.1 Å². The minimum Gasteiger partial charge on any atom is -0.493 e. The number of hydrogen-bond acceptors (Lipinski definition) is 3. The summed E-state index contributed by atoms with van der Waals surface area (Å²) >= 11 is 0. The van der Waals surface area contributed by atoms with E-state index in [0.29, 0.717) is 13.0 Å².